The second-order valence-electron chi connectivity index (χ2n) is 23.6. The molecule has 0 amide bonds. The summed E-state index contributed by atoms with van der Waals surface area (Å²) in [6.07, 6.45) is 0. The Balaban J connectivity index is 0.000000149. The molecular weight excluding hydrogens is 1140 g/mol. The van der Waals surface area contributed by atoms with Gasteiger partial charge < -0.3 is 8.83 Å². The van der Waals surface area contributed by atoms with Crippen LogP contribution in [-0.2, 0) is 0 Å². The molecule has 2 heterocycles. The third kappa shape index (κ3) is 8.51. The predicted octanol–water partition coefficient (Wildman–Crippen LogP) is 26.4. The van der Waals surface area contributed by atoms with Gasteiger partial charge in [-0.1, -0.05) is 297 Å². The van der Waals surface area contributed by atoms with Crippen LogP contribution in [0.4, 0.5) is 0 Å². The standard InChI is InChI=1S/2C46H28O/c1-2-11-34-30(10-1)22-25-33-28-32(26-27-35(33)34)29-20-23-31(24-21-29)44-36-12-3-5-14-38(36)45(39-15-6-4-13-37(39)44)41-17-9-19-43-46(41)40-16-7-8-18-42(40)47-43;1-2-16-32-30(13-1)28-41(34-18-4-3-17-33(32)34)29-14-11-15-31(27-29)44-35-19-5-7-21-37(35)45(38-22-8-6-20-36(38)44)40-24-12-26-43-46(40)39-23-9-10-25-42(39)47-43/h2*1-28H/i3D,4D,5D,6D,12D,13D,14D,15D;5D,6D,7D,8D,19D,20D,21D,22D. The zero-order valence-electron chi connectivity index (χ0n) is 65.9. The topological polar surface area (TPSA) is 26.3 Å². The molecule has 94 heavy (non-hydrogen) atoms. The van der Waals surface area contributed by atoms with Crippen molar-refractivity contribution in [2.24, 2.45) is 0 Å². The summed E-state index contributed by atoms with van der Waals surface area (Å²) < 4.78 is 158. The quantitative estimate of drug-likeness (QED) is 0.123. The molecular formula is C92H56O2. The first-order valence-electron chi connectivity index (χ1n) is 39.1. The predicted molar refractivity (Wildman–Crippen MR) is 400 cm³/mol. The first-order chi connectivity index (χ1) is 53.3. The number of hydrogen-bond donors (Lipinski definition) is 0. The highest BCUT2D eigenvalue weighted by molar-refractivity contribution is 6.28. The molecule has 0 radical (unpaired) electrons. The van der Waals surface area contributed by atoms with E-state index in [2.05, 4.69) is 72.8 Å². The van der Waals surface area contributed by atoms with Crippen molar-refractivity contribution in [1.29, 1.82) is 0 Å². The average molecular weight is 1210 g/mol. The van der Waals surface area contributed by atoms with E-state index in [1.165, 1.54) is 10.8 Å². The first kappa shape index (κ1) is 39.7. The van der Waals surface area contributed by atoms with E-state index in [1.807, 2.05) is 158 Å². The molecule has 0 saturated carbocycles. The SMILES string of the molecule is [2H]c1c([2H])c([2H])c2c(-c3cccc4oc5ccccc5c34)c3c([2H])c([2H])c([2H])c([2H])c3c(-c3ccc(-c4ccc5c(ccc6ccccc65)c4)cc3)c2c1[2H].[2H]c1c([2H])c([2H])c2c(-c3cccc4oc5ccccc5c34)c3c([2H])c([2H])c([2H])c([2H])c3c(-c3cccc(-c4cc5ccccc5c5ccccc45)c3)c2c1[2H]. The average Bonchev–Trinajstić information content (AvgIpc) is 0.924. The van der Waals surface area contributed by atoms with Crippen molar-refractivity contribution >= 4 is 130 Å². The minimum absolute atomic E-state index is 0.165. The number of fused-ring (bicyclic) bond motifs is 16. The summed E-state index contributed by atoms with van der Waals surface area (Å²) in [5, 5.41) is 13.2. The van der Waals surface area contributed by atoms with Gasteiger partial charge in [0, 0.05) is 21.5 Å². The van der Waals surface area contributed by atoms with Crippen molar-refractivity contribution in [2.75, 3.05) is 0 Å². The van der Waals surface area contributed by atoms with E-state index in [0.29, 0.717) is 77.6 Å². The number of hydrogen-bond acceptors (Lipinski definition) is 2. The monoisotopic (exact) mass is 1210 g/mol. The Morgan fingerprint density at radius 3 is 1.12 bits per heavy atom. The molecule has 18 aromatic carbocycles. The molecule has 20 rings (SSSR count). The van der Waals surface area contributed by atoms with Gasteiger partial charge in [-0.25, -0.2) is 0 Å². The zero-order valence-corrected chi connectivity index (χ0v) is 49.9. The zero-order chi connectivity index (χ0) is 75.7. The highest BCUT2D eigenvalue weighted by Gasteiger charge is 2.23. The summed E-state index contributed by atoms with van der Waals surface area (Å²) in [5.41, 5.74) is 9.45. The maximum atomic E-state index is 9.45. The van der Waals surface area contributed by atoms with Crippen molar-refractivity contribution in [1.82, 2.24) is 0 Å². The molecule has 0 unspecified atom stereocenters. The van der Waals surface area contributed by atoms with Gasteiger partial charge in [0.05, 0.1) is 21.9 Å². The van der Waals surface area contributed by atoms with Gasteiger partial charge in [0.2, 0.25) is 0 Å². The largest absolute Gasteiger partial charge is 0.456 e. The van der Waals surface area contributed by atoms with Gasteiger partial charge in [-0.2, -0.15) is 0 Å². The first-order valence-corrected chi connectivity index (χ1v) is 31.1. The Bertz CT molecular complexity index is 7330. The molecule has 2 aromatic heterocycles. The smallest absolute Gasteiger partial charge is 0.136 e. The van der Waals surface area contributed by atoms with Gasteiger partial charge in [-0.05, 0) is 195 Å². The highest BCUT2D eigenvalue weighted by Crippen LogP contribution is 2.50. The van der Waals surface area contributed by atoms with Crippen LogP contribution in [0.15, 0.2) is 348 Å². The number of para-hydroxylation sites is 2. The van der Waals surface area contributed by atoms with E-state index >= 15 is 0 Å². The summed E-state index contributed by atoms with van der Waals surface area (Å²) in [4.78, 5) is 0. The van der Waals surface area contributed by atoms with Crippen molar-refractivity contribution in [3.8, 4) is 66.8 Å². The third-order valence-electron chi connectivity index (χ3n) is 18.6. The number of rotatable bonds is 6. The van der Waals surface area contributed by atoms with Gasteiger partial charge in [-0.15, -0.1) is 0 Å². The lowest BCUT2D eigenvalue weighted by atomic mass is 9.84. The summed E-state index contributed by atoms with van der Waals surface area (Å²) in [5.74, 6) is 0. The van der Waals surface area contributed by atoms with Gasteiger partial charge in [0.1, 0.15) is 22.3 Å². The molecule has 436 valence electrons. The normalized spacial score (nSPS) is 14.2. The van der Waals surface area contributed by atoms with Crippen LogP contribution in [0.1, 0.15) is 21.9 Å². The van der Waals surface area contributed by atoms with Crippen LogP contribution in [0.5, 0.6) is 0 Å². The van der Waals surface area contributed by atoms with Crippen molar-refractivity contribution < 1.29 is 30.8 Å². The van der Waals surface area contributed by atoms with Crippen LogP contribution in [-0.4, -0.2) is 0 Å². The summed E-state index contributed by atoms with van der Waals surface area (Å²) in [7, 11) is 0. The molecule has 20 aromatic rings. The van der Waals surface area contributed by atoms with E-state index in [1.54, 1.807) is 12.1 Å². The van der Waals surface area contributed by atoms with E-state index in [-0.39, 0.29) is 91.4 Å². The van der Waals surface area contributed by atoms with Crippen LogP contribution in [0, 0.1) is 0 Å². The molecule has 0 aliphatic rings. The molecule has 0 atom stereocenters. The summed E-state index contributed by atoms with van der Waals surface area (Å²) >= 11 is 0. The maximum absolute atomic E-state index is 9.45. The highest BCUT2D eigenvalue weighted by atomic mass is 16.3. The van der Waals surface area contributed by atoms with Gasteiger partial charge >= 0.3 is 0 Å². The van der Waals surface area contributed by atoms with Gasteiger partial charge in [-0.3, -0.25) is 0 Å². The molecule has 0 spiro atoms. The Morgan fingerprint density at radius 1 is 0.191 bits per heavy atom. The fraction of sp³-hybridized carbons (Fsp3) is 0. The Kier molecular flexibility index (Phi) is 9.15. The lowest BCUT2D eigenvalue weighted by Crippen LogP contribution is -1.92. The second kappa shape index (κ2) is 21.7. The van der Waals surface area contributed by atoms with Crippen LogP contribution in [0.25, 0.3) is 197 Å². The van der Waals surface area contributed by atoms with E-state index in [4.69, 9.17) is 19.8 Å². The van der Waals surface area contributed by atoms with Crippen LogP contribution in [0.3, 0.4) is 0 Å². The van der Waals surface area contributed by atoms with Crippen LogP contribution < -0.4 is 0 Å². The second-order valence-corrected chi connectivity index (χ2v) is 23.6. The number of benzene rings is 18. The Labute approximate surface area is 564 Å². The van der Waals surface area contributed by atoms with Crippen molar-refractivity contribution in [3.05, 3.63) is 339 Å². The molecule has 0 aliphatic heterocycles. The third-order valence-corrected chi connectivity index (χ3v) is 18.6. The minimum Gasteiger partial charge on any atom is -0.456 e. The van der Waals surface area contributed by atoms with E-state index in [9.17, 15) is 11.0 Å². The van der Waals surface area contributed by atoms with Crippen LogP contribution in [0.2, 0.25) is 0 Å². The Hall–Kier alpha value is -12.4. The fourth-order valence-electron chi connectivity index (χ4n) is 14.5. The fourth-order valence-corrected chi connectivity index (χ4v) is 14.5. The summed E-state index contributed by atoms with van der Waals surface area (Å²) in [6.45, 7) is 0. The molecule has 0 N–H and O–H groups in total. The van der Waals surface area contributed by atoms with Crippen molar-refractivity contribution in [2.45, 2.75) is 0 Å². The summed E-state index contributed by atoms with van der Waals surface area (Å²) in [6, 6.07) is 72.7. The minimum atomic E-state index is -0.439. The lowest BCUT2D eigenvalue weighted by molar-refractivity contribution is 0.668. The lowest BCUT2D eigenvalue weighted by Gasteiger charge is -2.19. The maximum Gasteiger partial charge on any atom is 0.136 e. The number of furan rings is 2. The van der Waals surface area contributed by atoms with Crippen molar-refractivity contribution in [3.63, 3.8) is 0 Å². The van der Waals surface area contributed by atoms with E-state index < -0.39 is 48.3 Å². The molecule has 0 saturated heterocycles. The van der Waals surface area contributed by atoms with Crippen LogP contribution >= 0.6 is 0 Å². The molecule has 0 bridgehead atoms. The molecule has 0 aliphatic carbocycles. The molecule has 0 fully saturated rings. The molecule has 2 nitrogen and oxygen atoms in total. The Morgan fingerprint density at radius 2 is 0.564 bits per heavy atom. The van der Waals surface area contributed by atoms with E-state index in [0.717, 1.165) is 65.3 Å². The van der Waals surface area contributed by atoms with Gasteiger partial charge in [0.25, 0.3) is 0 Å². The van der Waals surface area contributed by atoms with Gasteiger partial charge in [0.15, 0.2) is 0 Å². The molecule has 2 heteroatoms.